The molecule has 0 fully saturated rings. The van der Waals surface area contributed by atoms with Gasteiger partial charge in [-0.1, -0.05) is 58.1 Å². The molecule has 0 saturated carbocycles. The fourth-order valence-electron chi connectivity index (χ4n) is 2.11. The van der Waals surface area contributed by atoms with Crippen LogP contribution in [0.4, 0.5) is 0 Å². The van der Waals surface area contributed by atoms with Crippen molar-refractivity contribution in [3.8, 4) is 0 Å². The molecule has 0 aromatic heterocycles. The van der Waals surface area contributed by atoms with Gasteiger partial charge < -0.3 is 5.11 Å². The van der Waals surface area contributed by atoms with Crippen LogP contribution in [0, 0.1) is 11.8 Å². The molecule has 0 radical (unpaired) electrons. The van der Waals surface area contributed by atoms with Crippen LogP contribution in [0.3, 0.4) is 0 Å². The SMILES string of the molecule is C/C(=C/CC(=O)O)CCCC(C)CCCC(C)C. The van der Waals surface area contributed by atoms with Gasteiger partial charge in [0.25, 0.3) is 0 Å². The average Bonchev–Trinajstić information content (AvgIpc) is 2.25. The Bertz CT molecular complexity index is 254. The van der Waals surface area contributed by atoms with Crippen LogP contribution in [0.5, 0.6) is 0 Å². The van der Waals surface area contributed by atoms with E-state index in [9.17, 15) is 4.79 Å². The number of carbonyl (C=O) groups is 1. The largest absolute Gasteiger partial charge is 0.481 e. The zero-order valence-electron chi connectivity index (χ0n) is 12.5. The number of allylic oxidation sites excluding steroid dienone is 1. The normalized spacial score (nSPS) is 13.9. The van der Waals surface area contributed by atoms with Gasteiger partial charge in [-0.05, 0) is 31.6 Å². The van der Waals surface area contributed by atoms with Crippen molar-refractivity contribution in [1.82, 2.24) is 0 Å². The molecule has 0 amide bonds. The summed E-state index contributed by atoms with van der Waals surface area (Å²) in [6.45, 7) is 8.92. The molecular formula is C16H30O2. The van der Waals surface area contributed by atoms with Crippen molar-refractivity contribution in [2.75, 3.05) is 0 Å². The summed E-state index contributed by atoms with van der Waals surface area (Å²) >= 11 is 0. The molecule has 2 heteroatoms. The van der Waals surface area contributed by atoms with E-state index in [1.54, 1.807) is 0 Å². The first kappa shape index (κ1) is 17.2. The molecule has 0 spiro atoms. The van der Waals surface area contributed by atoms with E-state index in [0.717, 1.165) is 18.3 Å². The molecule has 1 unspecified atom stereocenters. The van der Waals surface area contributed by atoms with E-state index in [2.05, 4.69) is 20.8 Å². The van der Waals surface area contributed by atoms with Crippen molar-refractivity contribution >= 4 is 5.97 Å². The van der Waals surface area contributed by atoms with Crippen LogP contribution < -0.4 is 0 Å². The topological polar surface area (TPSA) is 37.3 Å². The molecule has 0 aromatic carbocycles. The number of hydrogen-bond acceptors (Lipinski definition) is 1. The quantitative estimate of drug-likeness (QED) is 0.554. The monoisotopic (exact) mass is 254 g/mol. The number of aliphatic carboxylic acids is 1. The molecule has 18 heavy (non-hydrogen) atoms. The first-order valence-electron chi connectivity index (χ1n) is 7.29. The van der Waals surface area contributed by atoms with Gasteiger partial charge in [-0.25, -0.2) is 0 Å². The lowest BCUT2D eigenvalue weighted by molar-refractivity contribution is -0.136. The molecule has 0 heterocycles. The highest BCUT2D eigenvalue weighted by Crippen LogP contribution is 2.19. The standard InChI is InChI=1S/C16H30O2/c1-13(2)7-5-8-14(3)9-6-10-15(4)11-12-16(17)18/h11,13-14H,5-10,12H2,1-4H3,(H,17,18)/b15-11-. The minimum absolute atomic E-state index is 0.162. The van der Waals surface area contributed by atoms with Crippen molar-refractivity contribution in [1.29, 1.82) is 0 Å². The Balaban J connectivity index is 3.58. The van der Waals surface area contributed by atoms with E-state index in [-0.39, 0.29) is 6.42 Å². The van der Waals surface area contributed by atoms with E-state index in [4.69, 9.17) is 5.11 Å². The lowest BCUT2D eigenvalue weighted by Crippen LogP contribution is -1.97. The lowest BCUT2D eigenvalue weighted by atomic mass is 9.94. The predicted octanol–water partition coefficient (Wildman–Crippen LogP) is 5.04. The Morgan fingerprint density at radius 1 is 1.11 bits per heavy atom. The van der Waals surface area contributed by atoms with E-state index < -0.39 is 5.97 Å². The van der Waals surface area contributed by atoms with Crippen LogP contribution in [0.25, 0.3) is 0 Å². The van der Waals surface area contributed by atoms with Crippen molar-refractivity contribution in [3.63, 3.8) is 0 Å². The molecule has 0 saturated heterocycles. The van der Waals surface area contributed by atoms with Crippen LogP contribution in [0.1, 0.15) is 72.6 Å². The third-order valence-electron chi connectivity index (χ3n) is 3.37. The average molecular weight is 254 g/mol. The molecule has 0 aromatic rings. The Labute approximate surface area is 112 Å². The summed E-state index contributed by atoms with van der Waals surface area (Å²) in [7, 11) is 0. The lowest BCUT2D eigenvalue weighted by Gasteiger charge is -2.12. The van der Waals surface area contributed by atoms with E-state index >= 15 is 0 Å². The highest BCUT2D eigenvalue weighted by molar-refractivity contribution is 5.68. The van der Waals surface area contributed by atoms with Crippen LogP contribution in [-0.4, -0.2) is 11.1 Å². The van der Waals surface area contributed by atoms with Crippen LogP contribution in [-0.2, 0) is 4.79 Å². The van der Waals surface area contributed by atoms with E-state index in [1.165, 1.54) is 37.7 Å². The smallest absolute Gasteiger partial charge is 0.307 e. The second kappa shape index (κ2) is 10.2. The molecule has 1 N–H and O–H groups in total. The highest BCUT2D eigenvalue weighted by atomic mass is 16.4. The summed E-state index contributed by atoms with van der Waals surface area (Å²) in [5.74, 6) is 0.880. The maximum Gasteiger partial charge on any atom is 0.307 e. The van der Waals surface area contributed by atoms with Crippen molar-refractivity contribution < 1.29 is 9.90 Å². The first-order valence-corrected chi connectivity index (χ1v) is 7.29. The van der Waals surface area contributed by atoms with Crippen LogP contribution >= 0.6 is 0 Å². The van der Waals surface area contributed by atoms with E-state index in [1.807, 2.05) is 13.0 Å². The maximum atomic E-state index is 10.4. The summed E-state index contributed by atoms with van der Waals surface area (Å²) in [4.78, 5) is 10.4. The number of hydrogen-bond donors (Lipinski definition) is 1. The summed E-state index contributed by atoms with van der Waals surface area (Å²) in [6, 6.07) is 0. The summed E-state index contributed by atoms with van der Waals surface area (Å²) in [6.07, 6.45) is 9.50. The molecule has 0 bridgehead atoms. The van der Waals surface area contributed by atoms with Gasteiger partial charge in [-0.15, -0.1) is 0 Å². The first-order chi connectivity index (χ1) is 8.41. The molecule has 2 nitrogen and oxygen atoms in total. The zero-order chi connectivity index (χ0) is 14.0. The van der Waals surface area contributed by atoms with Gasteiger partial charge in [-0.3, -0.25) is 4.79 Å². The second-order valence-electron chi connectivity index (χ2n) is 5.97. The molecule has 0 rings (SSSR count). The third kappa shape index (κ3) is 11.7. The van der Waals surface area contributed by atoms with E-state index in [0.29, 0.717) is 0 Å². The predicted molar refractivity (Wildman–Crippen MR) is 77.7 cm³/mol. The zero-order valence-corrected chi connectivity index (χ0v) is 12.5. The minimum Gasteiger partial charge on any atom is -0.481 e. The minimum atomic E-state index is -0.739. The Hall–Kier alpha value is -0.790. The van der Waals surface area contributed by atoms with Gasteiger partial charge >= 0.3 is 5.97 Å². The van der Waals surface area contributed by atoms with Gasteiger partial charge in [0, 0.05) is 0 Å². The van der Waals surface area contributed by atoms with Gasteiger partial charge in [-0.2, -0.15) is 0 Å². The Morgan fingerprint density at radius 3 is 2.28 bits per heavy atom. The molecule has 0 aliphatic heterocycles. The van der Waals surface area contributed by atoms with Gasteiger partial charge in [0.2, 0.25) is 0 Å². The van der Waals surface area contributed by atoms with Gasteiger partial charge in [0.05, 0.1) is 6.42 Å². The van der Waals surface area contributed by atoms with Gasteiger partial charge in [0.15, 0.2) is 0 Å². The fraction of sp³-hybridized carbons (Fsp3) is 0.812. The number of carboxylic acids is 1. The molecule has 106 valence electrons. The Kier molecular flexibility index (Phi) is 9.72. The van der Waals surface area contributed by atoms with Crippen LogP contribution in [0.2, 0.25) is 0 Å². The van der Waals surface area contributed by atoms with Crippen molar-refractivity contribution in [2.45, 2.75) is 72.6 Å². The molecular weight excluding hydrogens is 224 g/mol. The van der Waals surface area contributed by atoms with Crippen molar-refractivity contribution in [3.05, 3.63) is 11.6 Å². The van der Waals surface area contributed by atoms with Crippen LogP contribution in [0.15, 0.2) is 11.6 Å². The molecule has 0 aliphatic rings. The second-order valence-corrected chi connectivity index (χ2v) is 5.97. The highest BCUT2D eigenvalue weighted by Gasteiger charge is 2.03. The molecule has 0 aliphatic carbocycles. The summed E-state index contributed by atoms with van der Waals surface area (Å²) in [5.41, 5.74) is 1.21. The van der Waals surface area contributed by atoms with Gasteiger partial charge in [0.1, 0.15) is 0 Å². The Morgan fingerprint density at radius 2 is 1.72 bits per heavy atom. The third-order valence-corrected chi connectivity index (χ3v) is 3.37. The maximum absolute atomic E-state index is 10.4. The fourth-order valence-corrected chi connectivity index (χ4v) is 2.11. The summed E-state index contributed by atoms with van der Waals surface area (Å²) in [5, 5.41) is 8.57. The molecule has 1 atom stereocenters. The number of carboxylic acid groups (broad SMARTS) is 1. The van der Waals surface area contributed by atoms with Crippen molar-refractivity contribution in [2.24, 2.45) is 11.8 Å². The summed E-state index contributed by atoms with van der Waals surface area (Å²) < 4.78 is 0. The number of rotatable bonds is 10.